The molecule has 2 aromatic carbocycles. The van der Waals surface area contributed by atoms with E-state index in [1.807, 2.05) is 36.6 Å². The van der Waals surface area contributed by atoms with Gasteiger partial charge >= 0.3 is 5.97 Å². The Bertz CT molecular complexity index is 1010. The van der Waals surface area contributed by atoms with Gasteiger partial charge in [0.05, 0.1) is 5.69 Å². The second-order valence-electron chi connectivity index (χ2n) is 5.95. The van der Waals surface area contributed by atoms with Crippen molar-refractivity contribution in [3.63, 3.8) is 0 Å². The molecule has 0 atom stereocenters. The standard InChI is InChI=1S/C21H17ClN2O3S/c1-14-5-8-16(9-6-14)18-13-28-21(23-18)24-19(25)12-27-20(26)10-7-15-3-2-4-17(22)11-15/h2-11,13H,12H2,1H3,(H,23,24,25)/b10-7+. The van der Waals surface area contributed by atoms with Crippen LogP contribution in [-0.2, 0) is 14.3 Å². The molecule has 1 heterocycles. The van der Waals surface area contributed by atoms with E-state index in [4.69, 9.17) is 16.3 Å². The number of aromatic nitrogens is 1. The molecule has 1 aromatic heterocycles. The van der Waals surface area contributed by atoms with E-state index < -0.39 is 18.5 Å². The Balaban J connectivity index is 1.49. The second kappa shape index (κ2) is 9.30. The predicted molar refractivity (Wildman–Crippen MR) is 112 cm³/mol. The zero-order valence-electron chi connectivity index (χ0n) is 15.0. The van der Waals surface area contributed by atoms with Crippen LogP contribution in [0.5, 0.6) is 0 Å². The molecule has 1 N–H and O–H groups in total. The summed E-state index contributed by atoms with van der Waals surface area (Å²) >= 11 is 7.19. The molecule has 0 fully saturated rings. The lowest BCUT2D eigenvalue weighted by molar-refractivity contribution is -0.142. The Morgan fingerprint density at radius 3 is 2.75 bits per heavy atom. The van der Waals surface area contributed by atoms with E-state index in [9.17, 15) is 9.59 Å². The van der Waals surface area contributed by atoms with Gasteiger partial charge in [0, 0.05) is 22.0 Å². The summed E-state index contributed by atoms with van der Waals surface area (Å²) in [6.07, 6.45) is 2.82. The number of aryl methyl sites for hydroxylation is 1. The summed E-state index contributed by atoms with van der Waals surface area (Å²) in [5, 5.41) is 5.51. The summed E-state index contributed by atoms with van der Waals surface area (Å²) in [5.74, 6) is -1.07. The van der Waals surface area contributed by atoms with Gasteiger partial charge < -0.3 is 4.74 Å². The summed E-state index contributed by atoms with van der Waals surface area (Å²) in [6, 6.07) is 15.0. The maximum atomic E-state index is 12.0. The van der Waals surface area contributed by atoms with E-state index in [1.54, 1.807) is 30.3 Å². The van der Waals surface area contributed by atoms with Crippen LogP contribution in [-0.4, -0.2) is 23.5 Å². The molecule has 0 radical (unpaired) electrons. The van der Waals surface area contributed by atoms with Crippen LogP contribution in [0.2, 0.25) is 5.02 Å². The highest BCUT2D eigenvalue weighted by Crippen LogP contribution is 2.25. The molecule has 0 spiro atoms. The fraction of sp³-hybridized carbons (Fsp3) is 0.0952. The molecular formula is C21H17ClN2O3S. The summed E-state index contributed by atoms with van der Waals surface area (Å²) in [7, 11) is 0. The fourth-order valence-electron chi connectivity index (χ4n) is 2.30. The van der Waals surface area contributed by atoms with Crippen LogP contribution < -0.4 is 5.32 Å². The molecule has 1 amide bonds. The monoisotopic (exact) mass is 412 g/mol. The fourth-order valence-corrected chi connectivity index (χ4v) is 3.24. The van der Waals surface area contributed by atoms with Crippen LogP contribution in [0.15, 0.2) is 60.0 Å². The molecule has 0 saturated heterocycles. The Hall–Kier alpha value is -2.96. The third kappa shape index (κ3) is 5.77. The van der Waals surface area contributed by atoms with Gasteiger partial charge in [-0.15, -0.1) is 11.3 Å². The highest BCUT2D eigenvalue weighted by molar-refractivity contribution is 7.14. The minimum Gasteiger partial charge on any atom is -0.452 e. The molecule has 28 heavy (non-hydrogen) atoms. The SMILES string of the molecule is Cc1ccc(-c2csc(NC(=O)COC(=O)/C=C/c3cccc(Cl)c3)n2)cc1. The molecule has 0 unspecified atom stereocenters. The van der Waals surface area contributed by atoms with Crippen molar-refractivity contribution in [3.05, 3.63) is 76.1 Å². The number of hydrogen-bond acceptors (Lipinski definition) is 5. The number of hydrogen-bond donors (Lipinski definition) is 1. The van der Waals surface area contributed by atoms with Crippen molar-refractivity contribution in [3.8, 4) is 11.3 Å². The Morgan fingerprint density at radius 1 is 1.21 bits per heavy atom. The lowest BCUT2D eigenvalue weighted by Crippen LogP contribution is -2.20. The maximum Gasteiger partial charge on any atom is 0.331 e. The van der Waals surface area contributed by atoms with Crippen molar-refractivity contribution < 1.29 is 14.3 Å². The number of carbonyl (C=O) groups is 2. The van der Waals surface area contributed by atoms with Gasteiger partial charge in [-0.3, -0.25) is 10.1 Å². The number of benzene rings is 2. The highest BCUT2D eigenvalue weighted by atomic mass is 35.5. The topological polar surface area (TPSA) is 68.3 Å². The number of ether oxygens (including phenoxy) is 1. The van der Waals surface area contributed by atoms with Gasteiger partial charge in [-0.1, -0.05) is 53.6 Å². The first-order chi connectivity index (χ1) is 13.5. The quantitative estimate of drug-likeness (QED) is 0.458. The first kappa shape index (κ1) is 19.8. The number of nitrogens with one attached hydrogen (secondary N) is 1. The van der Waals surface area contributed by atoms with E-state index in [0.717, 1.165) is 16.8 Å². The van der Waals surface area contributed by atoms with Crippen LogP contribution in [0.3, 0.4) is 0 Å². The minimum atomic E-state index is -0.616. The molecule has 0 bridgehead atoms. The zero-order chi connectivity index (χ0) is 19.9. The number of amides is 1. The van der Waals surface area contributed by atoms with Crippen molar-refractivity contribution in [2.24, 2.45) is 0 Å². The van der Waals surface area contributed by atoms with Gasteiger partial charge in [0.1, 0.15) is 0 Å². The smallest absolute Gasteiger partial charge is 0.331 e. The number of carbonyl (C=O) groups excluding carboxylic acids is 2. The van der Waals surface area contributed by atoms with Gasteiger partial charge in [0.2, 0.25) is 0 Å². The lowest BCUT2D eigenvalue weighted by Gasteiger charge is -2.02. The minimum absolute atomic E-state index is 0.391. The molecule has 5 nitrogen and oxygen atoms in total. The predicted octanol–water partition coefficient (Wildman–Crippen LogP) is 4.97. The van der Waals surface area contributed by atoms with Crippen LogP contribution in [0.1, 0.15) is 11.1 Å². The highest BCUT2D eigenvalue weighted by Gasteiger charge is 2.10. The van der Waals surface area contributed by atoms with Crippen molar-refractivity contribution in [1.29, 1.82) is 0 Å². The summed E-state index contributed by atoms with van der Waals surface area (Å²) in [4.78, 5) is 28.1. The molecule has 0 aliphatic carbocycles. The van der Waals surface area contributed by atoms with Crippen molar-refractivity contribution >= 4 is 46.0 Å². The second-order valence-corrected chi connectivity index (χ2v) is 7.24. The van der Waals surface area contributed by atoms with Crippen LogP contribution in [0.25, 0.3) is 17.3 Å². The number of halogens is 1. The zero-order valence-corrected chi connectivity index (χ0v) is 16.6. The largest absolute Gasteiger partial charge is 0.452 e. The molecule has 3 rings (SSSR count). The lowest BCUT2D eigenvalue weighted by atomic mass is 10.1. The molecule has 7 heteroatoms. The van der Waals surface area contributed by atoms with Crippen LogP contribution in [0.4, 0.5) is 5.13 Å². The van der Waals surface area contributed by atoms with E-state index >= 15 is 0 Å². The first-order valence-corrected chi connectivity index (χ1v) is 9.68. The number of rotatable bonds is 6. The van der Waals surface area contributed by atoms with E-state index in [-0.39, 0.29) is 0 Å². The molecule has 0 aliphatic heterocycles. The normalized spacial score (nSPS) is 10.8. The van der Waals surface area contributed by atoms with Gasteiger partial charge in [0.15, 0.2) is 11.7 Å². The Kier molecular flexibility index (Phi) is 6.57. The Labute approximate surface area is 171 Å². The van der Waals surface area contributed by atoms with Crippen molar-refractivity contribution in [1.82, 2.24) is 4.98 Å². The summed E-state index contributed by atoms with van der Waals surface area (Å²) in [6.45, 7) is 1.63. The third-order valence-electron chi connectivity index (χ3n) is 3.70. The average molecular weight is 413 g/mol. The molecule has 142 valence electrons. The van der Waals surface area contributed by atoms with Crippen molar-refractivity contribution in [2.75, 3.05) is 11.9 Å². The van der Waals surface area contributed by atoms with Crippen molar-refractivity contribution in [2.45, 2.75) is 6.92 Å². The van der Waals surface area contributed by atoms with E-state index in [2.05, 4.69) is 10.3 Å². The average Bonchev–Trinajstić information content (AvgIpc) is 3.14. The van der Waals surface area contributed by atoms with Crippen LogP contribution in [0, 0.1) is 6.92 Å². The van der Waals surface area contributed by atoms with E-state index in [1.165, 1.54) is 23.0 Å². The summed E-state index contributed by atoms with van der Waals surface area (Å²) < 4.78 is 4.94. The molecule has 0 aliphatic rings. The molecule has 0 saturated carbocycles. The number of anilines is 1. The van der Waals surface area contributed by atoms with Gasteiger partial charge in [-0.05, 0) is 30.7 Å². The number of nitrogens with zero attached hydrogens (tertiary/aromatic N) is 1. The third-order valence-corrected chi connectivity index (χ3v) is 4.70. The first-order valence-electron chi connectivity index (χ1n) is 8.42. The number of esters is 1. The van der Waals surface area contributed by atoms with Crippen LogP contribution >= 0.6 is 22.9 Å². The number of thiazole rings is 1. The van der Waals surface area contributed by atoms with E-state index in [0.29, 0.717) is 10.2 Å². The summed E-state index contributed by atoms with van der Waals surface area (Å²) in [5.41, 5.74) is 3.68. The van der Waals surface area contributed by atoms with Gasteiger partial charge in [-0.25, -0.2) is 9.78 Å². The Morgan fingerprint density at radius 2 is 2.00 bits per heavy atom. The van der Waals surface area contributed by atoms with Gasteiger partial charge in [-0.2, -0.15) is 0 Å². The maximum absolute atomic E-state index is 12.0. The van der Waals surface area contributed by atoms with Gasteiger partial charge in [0.25, 0.3) is 5.91 Å². The molecule has 3 aromatic rings. The molecular weight excluding hydrogens is 396 g/mol.